The zero-order valence-electron chi connectivity index (χ0n) is 9.62. The molecule has 0 heterocycles. The van der Waals surface area contributed by atoms with Crippen molar-refractivity contribution in [3.63, 3.8) is 0 Å². The van der Waals surface area contributed by atoms with E-state index in [-0.39, 0.29) is 6.10 Å². The van der Waals surface area contributed by atoms with Gasteiger partial charge in [0.15, 0.2) is 0 Å². The largest absolute Gasteiger partial charge is 0.390 e. The van der Waals surface area contributed by atoms with Crippen molar-refractivity contribution in [2.75, 3.05) is 46.4 Å². The van der Waals surface area contributed by atoms with Gasteiger partial charge < -0.3 is 15.2 Å². The Kier molecular flexibility index (Phi) is 9.29. The maximum atomic E-state index is 9.56. The Hall–Kier alpha value is -0.160. The minimum atomic E-state index is -0.290. The second kappa shape index (κ2) is 9.40. The number of nitrogens with zero attached hydrogens (tertiary/aromatic N) is 1. The Labute approximate surface area is 87.2 Å². The van der Waals surface area contributed by atoms with Crippen LogP contribution in [0.5, 0.6) is 0 Å². The Morgan fingerprint density at radius 3 is 2.64 bits per heavy atom. The van der Waals surface area contributed by atoms with Gasteiger partial charge in [0.2, 0.25) is 0 Å². The second-order valence-corrected chi connectivity index (χ2v) is 3.30. The zero-order valence-corrected chi connectivity index (χ0v) is 9.62. The lowest BCUT2D eigenvalue weighted by atomic mass is 10.3. The molecule has 0 aliphatic heterocycles. The molecule has 1 unspecified atom stereocenters. The van der Waals surface area contributed by atoms with Gasteiger partial charge in [0.05, 0.1) is 12.7 Å². The highest BCUT2D eigenvalue weighted by molar-refractivity contribution is 4.64. The number of rotatable bonds is 9. The monoisotopic (exact) mass is 204 g/mol. The van der Waals surface area contributed by atoms with E-state index in [1.54, 1.807) is 0 Å². The van der Waals surface area contributed by atoms with Gasteiger partial charge in [0, 0.05) is 26.2 Å². The normalized spacial score (nSPS) is 13.5. The topological polar surface area (TPSA) is 44.7 Å². The molecule has 4 heteroatoms. The molecule has 14 heavy (non-hydrogen) atoms. The molecule has 0 fully saturated rings. The number of hydrogen-bond acceptors (Lipinski definition) is 4. The lowest BCUT2D eigenvalue weighted by molar-refractivity contribution is 0.0798. The maximum absolute atomic E-state index is 9.56. The summed E-state index contributed by atoms with van der Waals surface area (Å²) in [5.74, 6) is 0. The summed E-state index contributed by atoms with van der Waals surface area (Å²) < 4.78 is 5.27. The van der Waals surface area contributed by atoms with E-state index in [2.05, 4.69) is 17.1 Å². The summed E-state index contributed by atoms with van der Waals surface area (Å²) in [5, 5.41) is 12.5. The molecule has 0 bridgehead atoms. The fraction of sp³-hybridized carbons (Fsp3) is 1.00. The molecule has 2 N–H and O–H groups in total. The lowest BCUT2D eigenvalue weighted by Crippen LogP contribution is -2.39. The summed E-state index contributed by atoms with van der Waals surface area (Å²) in [6, 6.07) is 0. The van der Waals surface area contributed by atoms with Gasteiger partial charge >= 0.3 is 0 Å². The fourth-order valence-corrected chi connectivity index (χ4v) is 1.31. The van der Waals surface area contributed by atoms with Crippen LogP contribution in [0.25, 0.3) is 0 Å². The van der Waals surface area contributed by atoms with E-state index in [0.717, 1.165) is 26.3 Å². The van der Waals surface area contributed by atoms with Crippen molar-refractivity contribution < 1.29 is 9.84 Å². The number of hydrogen-bond donors (Lipinski definition) is 2. The van der Waals surface area contributed by atoms with Crippen LogP contribution < -0.4 is 5.32 Å². The third-order valence-corrected chi connectivity index (χ3v) is 2.11. The molecule has 0 aliphatic carbocycles. The standard InChI is InChI=1S/C10H24N2O2/c1-4-12(6-7-14-5-2)9-10(13)8-11-3/h10-11,13H,4-9H2,1-3H3. The molecule has 0 saturated carbocycles. The molecule has 86 valence electrons. The molecule has 1 atom stereocenters. The molecular weight excluding hydrogens is 180 g/mol. The third kappa shape index (κ3) is 7.26. The lowest BCUT2D eigenvalue weighted by Gasteiger charge is -2.23. The van der Waals surface area contributed by atoms with E-state index in [4.69, 9.17) is 4.74 Å². The van der Waals surface area contributed by atoms with Gasteiger partial charge in [0.25, 0.3) is 0 Å². The SMILES string of the molecule is CCOCCN(CC)CC(O)CNC. The first-order chi connectivity index (χ1) is 6.74. The van der Waals surface area contributed by atoms with Gasteiger partial charge in [-0.3, -0.25) is 4.90 Å². The zero-order chi connectivity index (χ0) is 10.8. The summed E-state index contributed by atoms with van der Waals surface area (Å²) in [7, 11) is 1.85. The van der Waals surface area contributed by atoms with Crippen molar-refractivity contribution in [1.29, 1.82) is 0 Å². The molecule has 0 rings (SSSR count). The minimum absolute atomic E-state index is 0.290. The van der Waals surface area contributed by atoms with Crippen molar-refractivity contribution >= 4 is 0 Å². The molecule has 0 aromatic heterocycles. The van der Waals surface area contributed by atoms with E-state index in [9.17, 15) is 5.11 Å². The van der Waals surface area contributed by atoms with Crippen molar-refractivity contribution in [1.82, 2.24) is 10.2 Å². The van der Waals surface area contributed by atoms with E-state index < -0.39 is 0 Å². The van der Waals surface area contributed by atoms with Crippen molar-refractivity contribution in [3.05, 3.63) is 0 Å². The molecule has 0 aromatic rings. The molecule has 0 aromatic carbocycles. The summed E-state index contributed by atoms with van der Waals surface area (Å²) >= 11 is 0. The molecular formula is C10H24N2O2. The van der Waals surface area contributed by atoms with Gasteiger partial charge in [0.1, 0.15) is 0 Å². The number of aliphatic hydroxyl groups excluding tert-OH is 1. The molecule has 0 saturated heterocycles. The number of ether oxygens (including phenoxy) is 1. The van der Waals surface area contributed by atoms with E-state index in [1.807, 2.05) is 14.0 Å². The van der Waals surface area contributed by atoms with Gasteiger partial charge in [-0.05, 0) is 20.5 Å². The van der Waals surface area contributed by atoms with E-state index >= 15 is 0 Å². The average molecular weight is 204 g/mol. The number of likely N-dealkylation sites (N-methyl/N-ethyl adjacent to an activating group) is 2. The van der Waals surface area contributed by atoms with Crippen LogP contribution in [0.2, 0.25) is 0 Å². The Morgan fingerprint density at radius 1 is 1.43 bits per heavy atom. The van der Waals surface area contributed by atoms with Crippen LogP contribution in [0, 0.1) is 0 Å². The Morgan fingerprint density at radius 2 is 2.14 bits per heavy atom. The number of nitrogens with one attached hydrogen (secondary N) is 1. The predicted molar refractivity (Wildman–Crippen MR) is 58.5 cm³/mol. The van der Waals surface area contributed by atoms with Crippen molar-refractivity contribution in [2.24, 2.45) is 0 Å². The van der Waals surface area contributed by atoms with Crippen LogP contribution in [0.1, 0.15) is 13.8 Å². The van der Waals surface area contributed by atoms with Crippen LogP contribution in [-0.2, 0) is 4.74 Å². The first-order valence-corrected chi connectivity index (χ1v) is 5.37. The summed E-state index contributed by atoms with van der Waals surface area (Å²) in [5.41, 5.74) is 0. The molecule has 0 radical (unpaired) electrons. The van der Waals surface area contributed by atoms with Crippen molar-refractivity contribution in [2.45, 2.75) is 20.0 Å². The molecule has 0 amide bonds. The highest BCUT2D eigenvalue weighted by atomic mass is 16.5. The quantitative estimate of drug-likeness (QED) is 0.516. The highest BCUT2D eigenvalue weighted by Gasteiger charge is 2.08. The molecule has 0 aliphatic rings. The number of aliphatic hydroxyl groups is 1. The van der Waals surface area contributed by atoms with Gasteiger partial charge in [-0.15, -0.1) is 0 Å². The van der Waals surface area contributed by atoms with Crippen LogP contribution >= 0.6 is 0 Å². The Balaban J connectivity index is 3.55. The van der Waals surface area contributed by atoms with Crippen molar-refractivity contribution in [3.8, 4) is 0 Å². The van der Waals surface area contributed by atoms with Gasteiger partial charge in [-0.25, -0.2) is 0 Å². The highest BCUT2D eigenvalue weighted by Crippen LogP contribution is 1.92. The average Bonchev–Trinajstić information content (AvgIpc) is 2.17. The van der Waals surface area contributed by atoms with Crippen LogP contribution in [0.3, 0.4) is 0 Å². The first kappa shape index (κ1) is 13.8. The van der Waals surface area contributed by atoms with Crippen LogP contribution in [-0.4, -0.2) is 62.6 Å². The molecule has 0 spiro atoms. The minimum Gasteiger partial charge on any atom is -0.390 e. The van der Waals surface area contributed by atoms with E-state index in [1.165, 1.54) is 0 Å². The summed E-state index contributed by atoms with van der Waals surface area (Å²) in [6.45, 7) is 8.80. The second-order valence-electron chi connectivity index (χ2n) is 3.30. The van der Waals surface area contributed by atoms with Crippen LogP contribution in [0.15, 0.2) is 0 Å². The molecule has 4 nitrogen and oxygen atoms in total. The summed E-state index contributed by atoms with van der Waals surface area (Å²) in [4.78, 5) is 2.19. The van der Waals surface area contributed by atoms with Gasteiger partial charge in [-0.2, -0.15) is 0 Å². The summed E-state index contributed by atoms with van der Waals surface area (Å²) in [6.07, 6.45) is -0.290. The predicted octanol–water partition coefficient (Wildman–Crippen LogP) is -0.0749. The smallest absolute Gasteiger partial charge is 0.0791 e. The fourth-order valence-electron chi connectivity index (χ4n) is 1.31. The van der Waals surface area contributed by atoms with Gasteiger partial charge in [-0.1, -0.05) is 6.92 Å². The maximum Gasteiger partial charge on any atom is 0.0791 e. The first-order valence-electron chi connectivity index (χ1n) is 5.37. The Bertz CT molecular complexity index is 123. The van der Waals surface area contributed by atoms with E-state index in [0.29, 0.717) is 13.1 Å². The third-order valence-electron chi connectivity index (χ3n) is 2.11. The van der Waals surface area contributed by atoms with Crippen LogP contribution in [0.4, 0.5) is 0 Å².